The third-order valence-electron chi connectivity index (χ3n) is 4.47. The molecule has 0 unspecified atom stereocenters. The normalized spacial score (nSPS) is 14.0. The van der Waals surface area contributed by atoms with E-state index in [0.717, 1.165) is 46.6 Å². The van der Waals surface area contributed by atoms with Gasteiger partial charge in [-0.25, -0.2) is 0 Å². The summed E-state index contributed by atoms with van der Waals surface area (Å²) in [7, 11) is 3.27. The van der Waals surface area contributed by atoms with Gasteiger partial charge in [-0.3, -0.25) is 9.59 Å². The van der Waals surface area contributed by atoms with Crippen molar-refractivity contribution in [3.8, 4) is 11.5 Å². The predicted molar refractivity (Wildman–Crippen MR) is 94.9 cm³/mol. The highest BCUT2D eigenvalue weighted by atomic mass is 16.5. The largest absolute Gasteiger partial charge is 0.497 e. The molecule has 4 rings (SSSR count). The Hall–Kier alpha value is -2.66. The maximum absolute atomic E-state index is 11.2. The first kappa shape index (κ1) is 18.7. The summed E-state index contributed by atoms with van der Waals surface area (Å²) >= 11 is 0. The van der Waals surface area contributed by atoms with E-state index >= 15 is 0 Å². The Morgan fingerprint density at radius 1 is 0.680 bits per heavy atom. The monoisotopic (exact) mass is 342 g/mol. The zero-order chi connectivity index (χ0) is 17.1. The summed E-state index contributed by atoms with van der Waals surface area (Å²) in [6.07, 6.45) is 3.04. The maximum atomic E-state index is 11.2. The maximum Gasteiger partial charge on any atom is 0.163 e. The molecule has 0 atom stereocenters. The molecule has 2 aromatic carbocycles. The van der Waals surface area contributed by atoms with Crippen molar-refractivity contribution in [3.63, 3.8) is 0 Å². The first-order chi connectivity index (χ1) is 11.6. The van der Waals surface area contributed by atoms with Gasteiger partial charge in [0.2, 0.25) is 0 Å². The lowest BCUT2D eigenvalue weighted by atomic mass is 10.1. The molecular formula is C20H22O5. The molecule has 0 radical (unpaired) electrons. The Kier molecular flexibility index (Phi) is 5.93. The van der Waals surface area contributed by atoms with Gasteiger partial charge in [0.1, 0.15) is 11.5 Å². The Labute approximate surface area is 146 Å². The van der Waals surface area contributed by atoms with Crippen LogP contribution in [0.3, 0.4) is 0 Å². The number of methoxy groups -OCH3 is 2. The number of hydrogen-bond donors (Lipinski definition) is 0. The Morgan fingerprint density at radius 2 is 1.08 bits per heavy atom. The number of fused-ring (bicyclic) bond motifs is 2. The molecular weight excluding hydrogens is 320 g/mol. The van der Waals surface area contributed by atoms with Gasteiger partial charge in [-0.05, 0) is 60.4 Å². The van der Waals surface area contributed by atoms with Crippen molar-refractivity contribution in [1.29, 1.82) is 0 Å². The van der Waals surface area contributed by atoms with Gasteiger partial charge >= 0.3 is 0 Å². The van der Waals surface area contributed by atoms with E-state index in [1.807, 2.05) is 36.4 Å². The minimum absolute atomic E-state index is 0. The number of benzene rings is 2. The second kappa shape index (κ2) is 7.94. The molecule has 2 aromatic rings. The van der Waals surface area contributed by atoms with Crippen LogP contribution < -0.4 is 9.47 Å². The Balaban J connectivity index is 0.000000173. The number of aryl methyl sites for hydroxylation is 2. The van der Waals surface area contributed by atoms with Gasteiger partial charge in [0, 0.05) is 24.0 Å². The standard InChI is InChI=1S/2C10H10O2.H2O/c2*1-12-8-3-4-9-7(6-8)2-5-10(9)11;/h2*3-4,6H,2,5H2,1H3;1H2. The summed E-state index contributed by atoms with van der Waals surface area (Å²) in [4.78, 5) is 22.4. The molecule has 0 heterocycles. The van der Waals surface area contributed by atoms with Crippen molar-refractivity contribution in [2.24, 2.45) is 0 Å². The predicted octanol–water partition coefficient (Wildman–Crippen LogP) is 2.82. The van der Waals surface area contributed by atoms with Crippen LogP contribution in [-0.4, -0.2) is 31.3 Å². The van der Waals surface area contributed by atoms with Crippen molar-refractivity contribution < 1.29 is 24.5 Å². The minimum atomic E-state index is 0. The molecule has 5 nitrogen and oxygen atoms in total. The fourth-order valence-corrected chi connectivity index (χ4v) is 3.12. The van der Waals surface area contributed by atoms with E-state index in [4.69, 9.17) is 9.47 Å². The first-order valence-corrected chi connectivity index (χ1v) is 8.02. The van der Waals surface area contributed by atoms with E-state index in [1.165, 1.54) is 0 Å². The number of carbonyl (C=O) groups is 2. The zero-order valence-electron chi connectivity index (χ0n) is 14.4. The van der Waals surface area contributed by atoms with E-state index in [0.29, 0.717) is 12.8 Å². The smallest absolute Gasteiger partial charge is 0.163 e. The number of Topliss-reactive ketones (excluding diaryl/α,β-unsaturated/α-hetero) is 2. The highest BCUT2D eigenvalue weighted by Crippen LogP contribution is 2.26. The van der Waals surface area contributed by atoms with Crippen molar-refractivity contribution in [2.45, 2.75) is 25.7 Å². The minimum Gasteiger partial charge on any atom is -0.497 e. The van der Waals surface area contributed by atoms with Crippen molar-refractivity contribution >= 4 is 11.6 Å². The summed E-state index contributed by atoms with van der Waals surface area (Å²) in [5.41, 5.74) is 3.99. The summed E-state index contributed by atoms with van der Waals surface area (Å²) in [6.45, 7) is 0. The zero-order valence-corrected chi connectivity index (χ0v) is 14.4. The Bertz CT molecular complexity index is 727. The molecule has 0 aromatic heterocycles. The molecule has 0 saturated carbocycles. The molecule has 0 spiro atoms. The fraction of sp³-hybridized carbons (Fsp3) is 0.300. The van der Waals surface area contributed by atoms with Crippen LogP contribution in [0.4, 0.5) is 0 Å². The number of hydrogen-bond acceptors (Lipinski definition) is 4. The molecule has 0 aliphatic heterocycles. The lowest BCUT2D eigenvalue weighted by Gasteiger charge is -2.01. The lowest BCUT2D eigenvalue weighted by molar-refractivity contribution is 0.0986. The molecule has 2 aliphatic rings. The van der Waals surface area contributed by atoms with Gasteiger partial charge in [0.15, 0.2) is 11.6 Å². The molecule has 5 heteroatoms. The second-order valence-corrected chi connectivity index (χ2v) is 5.89. The lowest BCUT2D eigenvalue weighted by Crippen LogP contribution is -1.91. The molecule has 2 aliphatic carbocycles. The number of carbonyl (C=O) groups excluding carboxylic acids is 2. The van der Waals surface area contributed by atoms with Crippen LogP contribution in [0.2, 0.25) is 0 Å². The van der Waals surface area contributed by atoms with Crippen LogP contribution in [0, 0.1) is 0 Å². The van der Waals surface area contributed by atoms with Gasteiger partial charge in [-0.15, -0.1) is 0 Å². The van der Waals surface area contributed by atoms with Gasteiger partial charge < -0.3 is 14.9 Å². The molecule has 0 amide bonds. The summed E-state index contributed by atoms with van der Waals surface area (Å²) in [5.74, 6) is 2.19. The SMILES string of the molecule is COc1ccc2c(c1)CCC2=O.COc1ccc2c(c1)CCC2=O.O. The molecule has 0 bridgehead atoms. The van der Waals surface area contributed by atoms with E-state index in [9.17, 15) is 9.59 Å². The number of rotatable bonds is 2. The van der Waals surface area contributed by atoms with E-state index in [1.54, 1.807) is 14.2 Å². The molecule has 0 saturated heterocycles. The first-order valence-electron chi connectivity index (χ1n) is 8.02. The van der Waals surface area contributed by atoms with Crippen LogP contribution in [0.1, 0.15) is 44.7 Å². The van der Waals surface area contributed by atoms with Gasteiger partial charge in [0.25, 0.3) is 0 Å². The molecule has 0 fully saturated rings. The van der Waals surface area contributed by atoms with Crippen LogP contribution >= 0.6 is 0 Å². The van der Waals surface area contributed by atoms with Crippen molar-refractivity contribution in [1.82, 2.24) is 0 Å². The fourth-order valence-electron chi connectivity index (χ4n) is 3.12. The molecule has 25 heavy (non-hydrogen) atoms. The summed E-state index contributed by atoms with van der Waals surface area (Å²) in [5, 5.41) is 0. The number of ether oxygens (including phenoxy) is 2. The molecule has 132 valence electrons. The third-order valence-corrected chi connectivity index (χ3v) is 4.47. The quantitative estimate of drug-likeness (QED) is 0.840. The van der Waals surface area contributed by atoms with Crippen LogP contribution in [0.25, 0.3) is 0 Å². The average molecular weight is 342 g/mol. The highest BCUT2D eigenvalue weighted by molar-refractivity contribution is 6.01. The van der Waals surface area contributed by atoms with Crippen LogP contribution in [0.15, 0.2) is 36.4 Å². The number of ketones is 2. The van der Waals surface area contributed by atoms with Gasteiger partial charge in [-0.2, -0.15) is 0 Å². The summed E-state index contributed by atoms with van der Waals surface area (Å²) in [6, 6.07) is 11.3. The summed E-state index contributed by atoms with van der Waals surface area (Å²) < 4.78 is 10.1. The van der Waals surface area contributed by atoms with Crippen molar-refractivity contribution in [3.05, 3.63) is 58.7 Å². The van der Waals surface area contributed by atoms with Crippen molar-refractivity contribution in [2.75, 3.05) is 14.2 Å². The second-order valence-electron chi connectivity index (χ2n) is 5.89. The van der Waals surface area contributed by atoms with Gasteiger partial charge in [0.05, 0.1) is 14.2 Å². The molecule has 2 N–H and O–H groups in total. The van der Waals surface area contributed by atoms with E-state index in [2.05, 4.69) is 0 Å². The van der Waals surface area contributed by atoms with E-state index in [-0.39, 0.29) is 17.0 Å². The topological polar surface area (TPSA) is 84.1 Å². The highest BCUT2D eigenvalue weighted by Gasteiger charge is 2.19. The Morgan fingerprint density at radius 3 is 1.44 bits per heavy atom. The van der Waals surface area contributed by atoms with Crippen LogP contribution in [-0.2, 0) is 12.8 Å². The van der Waals surface area contributed by atoms with Crippen LogP contribution in [0.5, 0.6) is 11.5 Å². The third kappa shape index (κ3) is 3.88. The average Bonchev–Trinajstić information content (AvgIpc) is 3.18. The van der Waals surface area contributed by atoms with E-state index < -0.39 is 0 Å². The van der Waals surface area contributed by atoms with Gasteiger partial charge in [-0.1, -0.05) is 0 Å².